The monoisotopic (exact) mass is 243 g/mol. The van der Waals surface area contributed by atoms with Gasteiger partial charge in [0.25, 0.3) is 0 Å². The van der Waals surface area contributed by atoms with Gasteiger partial charge in [0.2, 0.25) is 0 Å². The van der Waals surface area contributed by atoms with E-state index in [1.54, 1.807) is 27.1 Å². The zero-order valence-corrected chi connectivity index (χ0v) is 10.8. The number of guanidine groups is 1. The van der Waals surface area contributed by atoms with Gasteiger partial charge in [-0.15, -0.1) is 0 Å². The number of hydrogen-bond donors (Lipinski definition) is 3. The van der Waals surface area contributed by atoms with Gasteiger partial charge < -0.3 is 25.1 Å². The molecule has 0 spiro atoms. The van der Waals surface area contributed by atoms with Crippen LogP contribution in [-0.2, 0) is 4.79 Å². The average molecular weight is 243 g/mol. The summed E-state index contributed by atoms with van der Waals surface area (Å²) in [4.78, 5) is 15.2. The second-order valence-corrected chi connectivity index (χ2v) is 3.93. The highest BCUT2D eigenvalue weighted by Crippen LogP contribution is 1.91. The minimum Gasteiger partial charge on any atom is -0.480 e. The fourth-order valence-corrected chi connectivity index (χ4v) is 1.06. The molecule has 0 amide bonds. The molecule has 0 bridgehead atoms. The van der Waals surface area contributed by atoms with Crippen LogP contribution in [0.4, 0.5) is 0 Å². The van der Waals surface area contributed by atoms with Crippen molar-refractivity contribution in [2.75, 3.05) is 41.4 Å². The highest BCUT2D eigenvalue weighted by Gasteiger charge is 2.06. The van der Waals surface area contributed by atoms with Gasteiger partial charge in [0.05, 0.1) is 6.67 Å². The summed E-state index contributed by atoms with van der Waals surface area (Å²) < 4.78 is 0. The molecule has 0 aromatic rings. The molecule has 0 atom stereocenters. The first-order valence-corrected chi connectivity index (χ1v) is 5.13. The van der Waals surface area contributed by atoms with Crippen molar-refractivity contribution in [3.05, 3.63) is 12.4 Å². The van der Waals surface area contributed by atoms with Gasteiger partial charge in [-0.3, -0.25) is 10.2 Å². The van der Waals surface area contributed by atoms with Gasteiger partial charge in [-0.25, -0.2) is 0 Å². The summed E-state index contributed by atoms with van der Waals surface area (Å²) >= 11 is 0. The third kappa shape index (κ3) is 7.04. The first-order chi connectivity index (χ1) is 7.84. The fraction of sp³-hybridized carbons (Fsp3) is 0.600. The fourth-order valence-electron chi connectivity index (χ4n) is 1.06. The van der Waals surface area contributed by atoms with E-state index in [1.807, 2.05) is 28.2 Å². The zero-order valence-electron chi connectivity index (χ0n) is 10.8. The molecule has 3 N–H and O–H groups in total. The van der Waals surface area contributed by atoms with Gasteiger partial charge in [-0.2, -0.15) is 0 Å². The Hall–Kier alpha value is -1.92. The van der Waals surface area contributed by atoms with Crippen LogP contribution in [0.1, 0.15) is 0 Å². The number of carboxylic acids is 1. The maximum Gasteiger partial charge on any atom is 0.323 e. The predicted molar refractivity (Wildman–Crippen MR) is 66.6 cm³/mol. The second kappa shape index (κ2) is 7.37. The summed E-state index contributed by atoms with van der Waals surface area (Å²) in [5.41, 5.74) is 0. The zero-order chi connectivity index (χ0) is 13.4. The third-order valence-corrected chi connectivity index (χ3v) is 1.88. The minimum atomic E-state index is -0.802. The number of nitrogens with one attached hydrogen (secondary N) is 2. The molecular weight excluding hydrogens is 222 g/mol. The van der Waals surface area contributed by atoms with Crippen molar-refractivity contribution in [2.45, 2.75) is 0 Å². The van der Waals surface area contributed by atoms with E-state index in [1.165, 1.54) is 0 Å². The molecule has 0 aromatic carbocycles. The molecule has 0 radical (unpaired) electrons. The van der Waals surface area contributed by atoms with E-state index in [2.05, 4.69) is 5.32 Å². The first-order valence-electron chi connectivity index (χ1n) is 5.13. The quantitative estimate of drug-likeness (QED) is 0.446. The molecule has 1 heterocycles. The summed E-state index contributed by atoms with van der Waals surface area (Å²) in [5, 5.41) is 18.4. The second-order valence-electron chi connectivity index (χ2n) is 3.93. The van der Waals surface area contributed by atoms with Gasteiger partial charge in [0, 0.05) is 40.6 Å². The van der Waals surface area contributed by atoms with E-state index in [0.717, 1.165) is 0 Å². The van der Waals surface area contributed by atoms with Crippen LogP contribution in [0.25, 0.3) is 0 Å². The highest BCUT2D eigenvalue weighted by molar-refractivity contribution is 5.75. The number of carboxylic acid groups (broad SMARTS) is 1. The molecular formula is C10H21N5O2. The number of aliphatic carboxylic acids is 1. The van der Waals surface area contributed by atoms with E-state index in [9.17, 15) is 4.79 Å². The Morgan fingerprint density at radius 1 is 1.41 bits per heavy atom. The largest absolute Gasteiger partial charge is 0.480 e. The lowest BCUT2D eigenvalue weighted by atomic mass is 10.6. The molecule has 0 aromatic heterocycles. The molecule has 0 fully saturated rings. The van der Waals surface area contributed by atoms with Crippen LogP contribution in [0.15, 0.2) is 12.4 Å². The Labute approximate surface area is 102 Å². The van der Waals surface area contributed by atoms with Crippen LogP contribution >= 0.6 is 0 Å². The maximum atomic E-state index is 10.1. The molecule has 7 nitrogen and oxygen atoms in total. The number of nitrogens with zero attached hydrogens (tertiary/aromatic N) is 3. The summed E-state index contributed by atoms with van der Waals surface area (Å²) in [7, 11) is 7.40. The molecule has 0 aliphatic carbocycles. The van der Waals surface area contributed by atoms with Crippen LogP contribution in [0.5, 0.6) is 0 Å². The van der Waals surface area contributed by atoms with Crippen LogP contribution in [0.3, 0.4) is 0 Å². The molecule has 1 rings (SSSR count). The van der Waals surface area contributed by atoms with Crippen molar-refractivity contribution >= 4 is 11.9 Å². The smallest absolute Gasteiger partial charge is 0.323 e. The van der Waals surface area contributed by atoms with E-state index < -0.39 is 5.97 Å². The first kappa shape index (κ1) is 15.1. The van der Waals surface area contributed by atoms with Gasteiger partial charge in [-0.05, 0) is 0 Å². The van der Waals surface area contributed by atoms with Crippen molar-refractivity contribution in [3.63, 3.8) is 0 Å². The summed E-state index contributed by atoms with van der Waals surface area (Å²) in [6.45, 7) is 0.676. The van der Waals surface area contributed by atoms with Crippen molar-refractivity contribution in [3.8, 4) is 0 Å². The standard InChI is InChI=1S/C5H13N3.C5H8N2O2/c1-7(2)5(6)8(3)4;8-5(9)3-7-2-1-6-4-7/h6H,1-4H3;1-2,6H,3-4H2,(H,8,9). The summed E-state index contributed by atoms with van der Waals surface area (Å²) in [6, 6.07) is 0. The van der Waals surface area contributed by atoms with Crippen LogP contribution < -0.4 is 5.32 Å². The summed E-state index contributed by atoms with van der Waals surface area (Å²) in [5.74, 6) is -0.284. The Morgan fingerprint density at radius 2 is 1.94 bits per heavy atom. The van der Waals surface area contributed by atoms with Crippen molar-refractivity contribution < 1.29 is 9.90 Å². The van der Waals surface area contributed by atoms with Crippen LogP contribution in [0, 0.1) is 5.41 Å². The highest BCUT2D eigenvalue weighted by atomic mass is 16.4. The molecule has 0 saturated heterocycles. The Balaban J connectivity index is 0.000000304. The van der Waals surface area contributed by atoms with E-state index in [4.69, 9.17) is 10.5 Å². The van der Waals surface area contributed by atoms with Crippen LogP contribution in [0.2, 0.25) is 0 Å². The van der Waals surface area contributed by atoms with Gasteiger partial charge in [-0.1, -0.05) is 0 Å². The van der Waals surface area contributed by atoms with Gasteiger partial charge in [0.15, 0.2) is 5.96 Å². The lowest BCUT2D eigenvalue weighted by Crippen LogP contribution is -2.34. The average Bonchev–Trinajstić information content (AvgIpc) is 2.68. The minimum absolute atomic E-state index is 0.0729. The van der Waals surface area contributed by atoms with Gasteiger partial charge in [0.1, 0.15) is 6.54 Å². The molecule has 1 aliphatic rings. The topological polar surface area (TPSA) is 82.9 Å². The van der Waals surface area contributed by atoms with Crippen LogP contribution in [-0.4, -0.2) is 73.1 Å². The molecule has 0 saturated carbocycles. The predicted octanol–water partition coefficient (Wildman–Crippen LogP) is -0.551. The molecule has 98 valence electrons. The van der Waals surface area contributed by atoms with E-state index in [0.29, 0.717) is 12.6 Å². The van der Waals surface area contributed by atoms with E-state index in [-0.39, 0.29) is 6.54 Å². The maximum absolute atomic E-state index is 10.1. The molecule has 0 unspecified atom stereocenters. The van der Waals surface area contributed by atoms with Crippen molar-refractivity contribution in [1.82, 2.24) is 20.0 Å². The van der Waals surface area contributed by atoms with Gasteiger partial charge >= 0.3 is 5.97 Å². The number of hydrogen-bond acceptors (Lipinski definition) is 4. The van der Waals surface area contributed by atoms with Crippen molar-refractivity contribution in [2.24, 2.45) is 0 Å². The molecule has 1 aliphatic heterocycles. The van der Waals surface area contributed by atoms with E-state index >= 15 is 0 Å². The number of rotatable bonds is 2. The lowest BCUT2D eigenvalue weighted by Gasteiger charge is -2.19. The Bertz CT molecular complexity index is 278. The lowest BCUT2D eigenvalue weighted by molar-refractivity contribution is -0.137. The normalized spacial score (nSPS) is 12.4. The Kier molecular flexibility index (Phi) is 6.54. The third-order valence-electron chi connectivity index (χ3n) is 1.88. The molecule has 7 heteroatoms. The van der Waals surface area contributed by atoms with Crippen molar-refractivity contribution in [1.29, 1.82) is 5.41 Å². The molecule has 17 heavy (non-hydrogen) atoms. The number of carbonyl (C=O) groups is 1. The summed E-state index contributed by atoms with van der Waals surface area (Å²) in [6.07, 6.45) is 3.44. The Morgan fingerprint density at radius 3 is 2.18 bits per heavy atom. The SMILES string of the molecule is CN(C)C(=N)N(C)C.O=C(O)CN1C=CNC1.